The number of nitrogens with zero attached hydrogens (tertiary/aromatic N) is 1. The van der Waals surface area contributed by atoms with E-state index in [2.05, 4.69) is 0 Å². The number of rotatable bonds is 3. The van der Waals surface area contributed by atoms with Crippen LogP contribution in [0.2, 0.25) is 0 Å². The number of hydrogen-bond donors (Lipinski definition) is 1. The van der Waals surface area contributed by atoms with Crippen molar-refractivity contribution in [2.45, 2.75) is 51.5 Å². The van der Waals surface area contributed by atoms with Gasteiger partial charge in [0.05, 0.1) is 16.9 Å². The zero-order chi connectivity index (χ0) is 15.7. The lowest BCUT2D eigenvalue weighted by Gasteiger charge is -2.38. The summed E-state index contributed by atoms with van der Waals surface area (Å²) in [6.07, 6.45) is 3.75. The predicted molar refractivity (Wildman–Crippen MR) is 77.6 cm³/mol. The first-order chi connectivity index (χ1) is 9.76. The lowest BCUT2D eigenvalue weighted by Crippen LogP contribution is -2.51. The van der Waals surface area contributed by atoms with Crippen LogP contribution in [0.15, 0.2) is 0 Å². The highest BCUT2D eigenvalue weighted by atomic mass is 32.2. The van der Waals surface area contributed by atoms with Crippen LogP contribution in [0.1, 0.15) is 45.4 Å². The topological polar surface area (TPSA) is 91.8 Å². The van der Waals surface area contributed by atoms with Gasteiger partial charge in [-0.2, -0.15) is 0 Å². The molecule has 0 aromatic rings. The molecule has 2 fully saturated rings. The SMILES string of the molecule is CC1CS(=O)(=O)CCN1C(=O)CC1(C(=O)O)CCCCC1. The Morgan fingerprint density at radius 2 is 1.86 bits per heavy atom. The van der Waals surface area contributed by atoms with Gasteiger partial charge in [-0.05, 0) is 19.8 Å². The third kappa shape index (κ3) is 3.56. The molecule has 1 heterocycles. The van der Waals surface area contributed by atoms with Gasteiger partial charge in [-0.25, -0.2) is 8.42 Å². The predicted octanol–water partition coefficient (Wildman–Crippen LogP) is 1.06. The van der Waals surface area contributed by atoms with E-state index < -0.39 is 21.2 Å². The fourth-order valence-corrected chi connectivity index (χ4v) is 5.01. The molecular weight excluding hydrogens is 294 g/mol. The number of amides is 1. The van der Waals surface area contributed by atoms with Crippen molar-refractivity contribution in [2.24, 2.45) is 5.41 Å². The van der Waals surface area contributed by atoms with E-state index in [1.54, 1.807) is 11.8 Å². The molecule has 0 spiro atoms. The molecule has 0 aromatic carbocycles. The average Bonchev–Trinajstić information content (AvgIpc) is 2.38. The third-order valence-corrected chi connectivity index (χ3v) is 6.54. The van der Waals surface area contributed by atoms with E-state index in [0.717, 1.165) is 19.3 Å². The fraction of sp³-hybridized carbons (Fsp3) is 0.857. The summed E-state index contributed by atoms with van der Waals surface area (Å²) in [7, 11) is -3.07. The molecule has 1 saturated heterocycles. The van der Waals surface area contributed by atoms with Crippen LogP contribution in [-0.4, -0.2) is 54.4 Å². The molecule has 1 unspecified atom stereocenters. The molecule has 0 bridgehead atoms. The molecule has 0 aromatic heterocycles. The molecule has 120 valence electrons. The maximum Gasteiger partial charge on any atom is 0.310 e. The van der Waals surface area contributed by atoms with Crippen LogP contribution in [0.3, 0.4) is 0 Å². The van der Waals surface area contributed by atoms with E-state index in [4.69, 9.17) is 0 Å². The fourth-order valence-electron chi connectivity index (χ4n) is 3.45. The molecule has 1 aliphatic carbocycles. The molecule has 21 heavy (non-hydrogen) atoms. The van der Waals surface area contributed by atoms with E-state index in [9.17, 15) is 23.1 Å². The summed E-state index contributed by atoms with van der Waals surface area (Å²) < 4.78 is 23.1. The van der Waals surface area contributed by atoms with E-state index >= 15 is 0 Å². The van der Waals surface area contributed by atoms with Crippen molar-refractivity contribution in [3.05, 3.63) is 0 Å². The highest BCUT2D eigenvalue weighted by molar-refractivity contribution is 7.91. The molecule has 6 nitrogen and oxygen atoms in total. The van der Waals surface area contributed by atoms with Crippen LogP contribution in [-0.2, 0) is 19.4 Å². The maximum absolute atomic E-state index is 12.5. The molecule has 1 N–H and O–H groups in total. The second kappa shape index (κ2) is 5.94. The Bertz CT molecular complexity index is 521. The van der Waals surface area contributed by atoms with Crippen molar-refractivity contribution in [1.29, 1.82) is 0 Å². The number of carboxylic acid groups (broad SMARTS) is 1. The molecular formula is C14H23NO5S. The van der Waals surface area contributed by atoms with Crippen LogP contribution in [0.5, 0.6) is 0 Å². The van der Waals surface area contributed by atoms with Gasteiger partial charge >= 0.3 is 5.97 Å². The number of sulfone groups is 1. The molecule has 0 radical (unpaired) electrons. The summed E-state index contributed by atoms with van der Waals surface area (Å²) in [5.41, 5.74) is -0.953. The van der Waals surface area contributed by atoms with E-state index in [1.165, 1.54) is 0 Å². The zero-order valence-electron chi connectivity index (χ0n) is 12.4. The number of hydrogen-bond acceptors (Lipinski definition) is 4. The van der Waals surface area contributed by atoms with Gasteiger partial charge in [-0.3, -0.25) is 9.59 Å². The van der Waals surface area contributed by atoms with E-state index in [1.807, 2.05) is 0 Å². The van der Waals surface area contributed by atoms with Gasteiger partial charge in [0.15, 0.2) is 9.84 Å². The highest BCUT2D eigenvalue weighted by Crippen LogP contribution is 2.40. The van der Waals surface area contributed by atoms with E-state index in [0.29, 0.717) is 12.8 Å². The smallest absolute Gasteiger partial charge is 0.310 e. The first-order valence-electron chi connectivity index (χ1n) is 7.49. The van der Waals surface area contributed by atoms with Crippen molar-refractivity contribution in [1.82, 2.24) is 4.90 Å². The minimum Gasteiger partial charge on any atom is -0.481 e. The first-order valence-corrected chi connectivity index (χ1v) is 9.31. The minimum absolute atomic E-state index is 0.00722. The zero-order valence-corrected chi connectivity index (χ0v) is 13.2. The lowest BCUT2D eigenvalue weighted by atomic mass is 9.71. The van der Waals surface area contributed by atoms with Crippen molar-refractivity contribution in [3.8, 4) is 0 Å². The van der Waals surface area contributed by atoms with Crippen LogP contribution >= 0.6 is 0 Å². The summed E-state index contributed by atoms with van der Waals surface area (Å²) in [5, 5.41) is 9.52. The van der Waals surface area contributed by atoms with Gasteiger partial charge in [-0.1, -0.05) is 19.3 Å². The normalized spacial score (nSPS) is 28.0. The van der Waals surface area contributed by atoms with Crippen molar-refractivity contribution < 1.29 is 23.1 Å². The lowest BCUT2D eigenvalue weighted by molar-refractivity contribution is -0.156. The standard InChI is InChI=1S/C14H23NO5S/c1-11-10-21(19,20)8-7-15(11)12(16)9-14(13(17)18)5-3-2-4-6-14/h11H,2-10H2,1H3,(H,17,18). The van der Waals surface area contributed by atoms with Gasteiger partial charge in [0.2, 0.25) is 5.91 Å². The third-order valence-electron chi connectivity index (χ3n) is 4.74. The summed E-state index contributed by atoms with van der Waals surface area (Å²) >= 11 is 0. The average molecular weight is 317 g/mol. The van der Waals surface area contributed by atoms with Crippen LogP contribution in [0, 0.1) is 5.41 Å². The van der Waals surface area contributed by atoms with Gasteiger partial charge in [0.1, 0.15) is 0 Å². The summed E-state index contributed by atoms with van der Waals surface area (Å²) in [6, 6.07) is -0.370. The maximum atomic E-state index is 12.5. The Hall–Kier alpha value is -1.11. The molecule has 1 aliphatic heterocycles. The minimum atomic E-state index is -3.07. The van der Waals surface area contributed by atoms with E-state index in [-0.39, 0.29) is 36.4 Å². The molecule has 7 heteroatoms. The molecule has 1 saturated carbocycles. The van der Waals surface area contributed by atoms with Crippen molar-refractivity contribution in [3.63, 3.8) is 0 Å². The monoisotopic (exact) mass is 317 g/mol. The Morgan fingerprint density at radius 3 is 2.38 bits per heavy atom. The molecule has 1 atom stereocenters. The quantitative estimate of drug-likeness (QED) is 0.840. The van der Waals surface area contributed by atoms with Crippen LogP contribution < -0.4 is 0 Å². The summed E-state index contributed by atoms with van der Waals surface area (Å²) in [4.78, 5) is 25.6. The molecule has 2 aliphatic rings. The van der Waals surface area contributed by atoms with Gasteiger partial charge in [0.25, 0.3) is 0 Å². The second-order valence-electron chi connectivity index (χ2n) is 6.37. The second-order valence-corrected chi connectivity index (χ2v) is 8.60. The summed E-state index contributed by atoms with van der Waals surface area (Å²) in [5.74, 6) is -1.17. The number of carboxylic acids is 1. The van der Waals surface area contributed by atoms with Gasteiger partial charge < -0.3 is 10.0 Å². The van der Waals surface area contributed by atoms with Crippen molar-refractivity contribution >= 4 is 21.7 Å². The molecule has 2 rings (SSSR count). The number of carbonyl (C=O) groups is 2. The Morgan fingerprint density at radius 1 is 1.24 bits per heavy atom. The number of aliphatic carboxylic acids is 1. The van der Waals surface area contributed by atoms with Gasteiger partial charge in [-0.15, -0.1) is 0 Å². The Labute approximate surface area is 125 Å². The highest BCUT2D eigenvalue weighted by Gasteiger charge is 2.43. The summed E-state index contributed by atoms with van der Waals surface area (Å²) in [6.45, 7) is 1.89. The first kappa shape index (κ1) is 16.3. The van der Waals surface area contributed by atoms with Gasteiger partial charge in [0, 0.05) is 19.0 Å². The van der Waals surface area contributed by atoms with Crippen LogP contribution in [0.4, 0.5) is 0 Å². The largest absolute Gasteiger partial charge is 0.481 e. The molecule has 1 amide bonds. The van der Waals surface area contributed by atoms with Crippen molar-refractivity contribution in [2.75, 3.05) is 18.1 Å². The Kier molecular flexibility index (Phi) is 4.60. The Balaban J connectivity index is 2.07. The van der Waals surface area contributed by atoms with Crippen LogP contribution in [0.25, 0.3) is 0 Å². The number of carbonyl (C=O) groups excluding carboxylic acids is 1.